The third-order valence-electron chi connectivity index (χ3n) is 3.40. The fraction of sp³-hybridized carbons (Fsp3) is 0.312. The van der Waals surface area contributed by atoms with E-state index >= 15 is 0 Å². The second-order valence-electron chi connectivity index (χ2n) is 4.97. The number of hydrogen-bond donors (Lipinski definition) is 0. The summed E-state index contributed by atoms with van der Waals surface area (Å²) in [5.74, 6) is 0. The summed E-state index contributed by atoms with van der Waals surface area (Å²) < 4.78 is 2.77. The van der Waals surface area contributed by atoms with Crippen LogP contribution in [0, 0.1) is 18.3 Å². The Morgan fingerprint density at radius 3 is 2.62 bits per heavy atom. The van der Waals surface area contributed by atoms with Gasteiger partial charge in [0.05, 0.1) is 18.2 Å². The van der Waals surface area contributed by atoms with Crippen LogP contribution in [0.2, 0.25) is 0 Å². The van der Waals surface area contributed by atoms with E-state index in [4.69, 9.17) is 5.26 Å². The summed E-state index contributed by atoms with van der Waals surface area (Å²) in [6, 6.07) is 8.73. The van der Waals surface area contributed by atoms with Crippen LogP contribution in [0.25, 0.3) is 0 Å². The molecule has 0 saturated carbocycles. The van der Waals surface area contributed by atoms with Crippen molar-refractivity contribution in [2.75, 3.05) is 0 Å². The minimum absolute atomic E-state index is 0.222. The molecule has 0 unspecified atom stereocenters. The van der Waals surface area contributed by atoms with Crippen LogP contribution < -0.4 is 11.2 Å². The van der Waals surface area contributed by atoms with Crippen LogP contribution in [0.5, 0.6) is 0 Å². The van der Waals surface area contributed by atoms with E-state index < -0.39 is 0 Å². The average molecular weight is 283 g/mol. The largest absolute Gasteiger partial charge is 0.331 e. The van der Waals surface area contributed by atoms with Crippen LogP contribution >= 0.6 is 0 Å². The zero-order chi connectivity index (χ0) is 15.4. The second-order valence-corrected chi connectivity index (χ2v) is 4.97. The van der Waals surface area contributed by atoms with Crippen molar-refractivity contribution in [2.24, 2.45) is 0 Å². The molecule has 0 amide bonds. The zero-order valence-corrected chi connectivity index (χ0v) is 12.2. The van der Waals surface area contributed by atoms with Gasteiger partial charge in [0.15, 0.2) is 0 Å². The number of nitrogens with zero attached hydrogens (tertiary/aromatic N) is 3. The standard InChI is InChI=1S/C16H17N3O2/c1-3-7-18-8-6-15(20)19(16(18)21)11-14-5-4-13(10-17)9-12(14)2/h4-6,8-9H,3,7,11H2,1-2H3. The van der Waals surface area contributed by atoms with Crippen LogP contribution in [0.1, 0.15) is 30.0 Å². The topological polar surface area (TPSA) is 67.8 Å². The number of aryl methyl sites for hydroxylation is 2. The van der Waals surface area contributed by atoms with Gasteiger partial charge in [-0.3, -0.25) is 9.36 Å². The van der Waals surface area contributed by atoms with Gasteiger partial charge >= 0.3 is 5.69 Å². The molecule has 0 aliphatic heterocycles. The van der Waals surface area contributed by atoms with Crippen LogP contribution in [-0.2, 0) is 13.1 Å². The Hall–Kier alpha value is -2.61. The van der Waals surface area contributed by atoms with Gasteiger partial charge in [-0.1, -0.05) is 13.0 Å². The van der Waals surface area contributed by atoms with Gasteiger partial charge in [0.25, 0.3) is 5.56 Å². The molecular formula is C16H17N3O2. The summed E-state index contributed by atoms with van der Waals surface area (Å²) in [5.41, 5.74) is 1.72. The van der Waals surface area contributed by atoms with Gasteiger partial charge in [-0.25, -0.2) is 4.79 Å². The molecule has 0 spiro atoms. The fourth-order valence-corrected chi connectivity index (χ4v) is 2.23. The molecule has 1 aromatic carbocycles. The summed E-state index contributed by atoms with van der Waals surface area (Å²) in [5, 5.41) is 8.87. The normalized spacial score (nSPS) is 10.3. The van der Waals surface area contributed by atoms with E-state index in [1.54, 1.807) is 22.8 Å². The Morgan fingerprint density at radius 1 is 1.24 bits per heavy atom. The van der Waals surface area contributed by atoms with Gasteiger partial charge in [0.1, 0.15) is 0 Å². The van der Waals surface area contributed by atoms with E-state index in [0.29, 0.717) is 12.1 Å². The lowest BCUT2D eigenvalue weighted by atomic mass is 10.1. The van der Waals surface area contributed by atoms with Gasteiger partial charge < -0.3 is 4.57 Å². The third-order valence-corrected chi connectivity index (χ3v) is 3.40. The van der Waals surface area contributed by atoms with Crippen molar-refractivity contribution in [3.63, 3.8) is 0 Å². The first kappa shape index (κ1) is 14.8. The van der Waals surface area contributed by atoms with Crippen molar-refractivity contribution in [3.05, 3.63) is 68.0 Å². The van der Waals surface area contributed by atoms with Crippen molar-refractivity contribution in [1.82, 2.24) is 9.13 Å². The molecule has 0 fully saturated rings. The molecule has 1 aromatic heterocycles. The Kier molecular flexibility index (Phi) is 4.39. The van der Waals surface area contributed by atoms with E-state index in [9.17, 15) is 9.59 Å². The highest BCUT2D eigenvalue weighted by Crippen LogP contribution is 2.11. The molecule has 0 bridgehead atoms. The Morgan fingerprint density at radius 2 is 2.00 bits per heavy atom. The molecule has 2 rings (SSSR count). The van der Waals surface area contributed by atoms with Gasteiger partial charge in [-0.2, -0.15) is 5.26 Å². The summed E-state index contributed by atoms with van der Waals surface area (Å²) >= 11 is 0. The minimum Gasteiger partial charge on any atom is -0.300 e. The van der Waals surface area contributed by atoms with Crippen LogP contribution in [0.3, 0.4) is 0 Å². The molecule has 5 heteroatoms. The molecule has 5 nitrogen and oxygen atoms in total. The summed E-state index contributed by atoms with van der Waals surface area (Å²) in [4.78, 5) is 24.2. The van der Waals surface area contributed by atoms with E-state index in [1.807, 2.05) is 13.8 Å². The van der Waals surface area contributed by atoms with Crippen molar-refractivity contribution in [3.8, 4) is 6.07 Å². The van der Waals surface area contributed by atoms with Gasteiger partial charge in [0.2, 0.25) is 0 Å². The van der Waals surface area contributed by atoms with Gasteiger partial charge in [-0.15, -0.1) is 0 Å². The Labute approximate surface area is 122 Å². The number of rotatable bonds is 4. The first-order valence-electron chi connectivity index (χ1n) is 6.86. The fourth-order valence-electron chi connectivity index (χ4n) is 2.23. The predicted octanol–water partition coefficient (Wildman–Crippen LogP) is 1.65. The Balaban J connectivity index is 2.45. The van der Waals surface area contributed by atoms with Crippen molar-refractivity contribution in [2.45, 2.75) is 33.4 Å². The highest BCUT2D eigenvalue weighted by Gasteiger charge is 2.07. The smallest absolute Gasteiger partial charge is 0.300 e. The highest BCUT2D eigenvalue weighted by molar-refractivity contribution is 5.37. The zero-order valence-electron chi connectivity index (χ0n) is 12.2. The average Bonchev–Trinajstić information content (AvgIpc) is 2.48. The molecule has 0 aliphatic rings. The number of nitriles is 1. The number of benzene rings is 1. The lowest BCUT2D eigenvalue weighted by molar-refractivity contribution is 0.570. The number of aromatic nitrogens is 2. The maximum absolute atomic E-state index is 12.3. The SMILES string of the molecule is CCCn1ccc(=O)n(Cc2ccc(C#N)cc2C)c1=O. The van der Waals surface area contributed by atoms with Crippen LogP contribution in [-0.4, -0.2) is 9.13 Å². The first-order valence-corrected chi connectivity index (χ1v) is 6.86. The van der Waals surface area contributed by atoms with Crippen molar-refractivity contribution in [1.29, 1.82) is 5.26 Å². The molecule has 108 valence electrons. The highest BCUT2D eigenvalue weighted by atomic mass is 16.2. The lowest BCUT2D eigenvalue weighted by Gasteiger charge is -2.11. The molecule has 0 saturated heterocycles. The van der Waals surface area contributed by atoms with Crippen molar-refractivity contribution >= 4 is 0 Å². The molecular weight excluding hydrogens is 266 g/mol. The van der Waals surface area contributed by atoms with E-state index in [1.165, 1.54) is 16.8 Å². The molecule has 0 aliphatic carbocycles. The summed E-state index contributed by atoms with van der Waals surface area (Å²) in [6.07, 6.45) is 2.37. The Bertz CT molecular complexity index is 809. The molecule has 0 N–H and O–H groups in total. The quantitative estimate of drug-likeness (QED) is 0.856. The maximum atomic E-state index is 12.3. The monoisotopic (exact) mass is 283 g/mol. The summed E-state index contributed by atoms with van der Waals surface area (Å²) in [6.45, 7) is 4.66. The van der Waals surface area contributed by atoms with E-state index in [-0.39, 0.29) is 17.8 Å². The lowest BCUT2D eigenvalue weighted by Crippen LogP contribution is -2.39. The second kappa shape index (κ2) is 6.23. The van der Waals surface area contributed by atoms with Crippen LogP contribution in [0.15, 0.2) is 40.1 Å². The maximum Gasteiger partial charge on any atom is 0.331 e. The molecule has 0 radical (unpaired) electrons. The third kappa shape index (κ3) is 3.11. The summed E-state index contributed by atoms with van der Waals surface area (Å²) in [7, 11) is 0. The van der Waals surface area contributed by atoms with Gasteiger partial charge in [0, 0.05) is 18.8 Å². The van der Waals surface area contributed by atoms with Gasteiger partial charge in [-0.05, 0) is 36.6 Å². The molecule has 0 atom stereocenters. The minimum atomic E-state index is -0.309. The predicted molar refractivity (Wildman–Crippen MR) is 80.2 cm³/mol. The molecule has 21 heavy (non-hydrogen) atoms. The first-order chi connectivity index (χ1) is 10.1. The van der Waals surface area contributed by atoms with Crippen molar-refractivity contribution < 1.29 is 0 Å². The molecule has 1 heterocycles. The number of hydrogen-bond acceptors (Lipinski definition) is 3. The van der Waals surface area contributed by atoms with E-state index in [0.717, 1.165) is 17.5 Å². The van der Waals surface area contributed by atoms with Crippen LogP contribution in [0.4, 0.5) is 0 Å². The molecule has 2 aromatic rings. The van der Waals surface area contributed by atoms with E-state index in [2.05, 4.69) is 6.07 Å².